The minimum atomic E-state index is -0.344. The first-order chi connectivity index (χ1) is 6.68. The van der Waals surface area contributed by atoms with Gasteiger partial charge in [-0.2, -0.15) is 0 Å². The molecular weight excluding hydrogens is 174 g/mol. The van der Waals surface area contributed by atoms with E-state index in [1.165, 1.54) is 32.1 Å². The Morgan fingerprint density at radius 1 is 1.21 bits per heavy atom. The first-order valence-electron chi connectivity index (χ1n) is 6.14. The van der Waals surface area contributed by atoms with E-state index in [1.54, 1.807) is 0 Å². The zero-order valence-corrected chi connectivity index (χ0v) is 9.26. The van der Waals surface area contributed by atoms with Crippen LogP contribution in [0.3, 0.4) is 0 Å². The third-order valence-corrected chi connectivity index (χ3v) is 4.02. The molecule has 2 nitrogen and oxygen atoms in total. The van der Waals surface area contributed by atoms with Crippen LogP contribution in [0.25, 0.3) is 0 Å². The Hall–Kier alpha value is -0.0800. The van der Waals surface area contributed by atoms with Gasteiger partial charge in [0.05, 0.1) is 5.60 Å². The summed E-state index contributed by atoms with van der Waals surface area (Å²) in [4.78, 5) is 0. The van der Waals surface area contributed by atoms with Crippen molar-refractivity contribution in [1.82, 2.24) is 5.32 Å². The van der Waals surface area contributed by atoms with Crippen LogP contribution in [0.1, 0.15) is 51.9 Å². The van der Waals surface area contributed by atoms with E-state index >= 15 is 0 Å². The lowest BCUT2D eigenvalue weighted by Gasteiger charge is -2.39. The summed E-state index contributed by atoms with van der Waals surface area (Å²) >= 11 is 0. The first-order valence-corrected chi connectivity index (χ1v) is 6.14. The van der Waals surface area contributed by atoms with Crippen LogP contribution in [-0.2, 0) is 0 Å². The lowest BCUT2D eigenvalue weighted by Crippen LogP contribution is -2.49. The minimum Gasteiger partial charge on any atom is -0.389 e. The van der Waals surface area contributed by atoms with Gasteiger partial charge in [-0.3, -0.25) is 0 Å². The molecule has 2 saturated carbocycles. The Morgan fingerprint density at radius 2 is 1.86 bits per heavy atom. The van der Waals surface area contributed by atoms with Crippen molar-refractivity contribution in [1.29, 1.82) is 0 Å². The molecule has 2 N–H and O–H groups in total. The van der Waals surface area contributed by atoms with Crippen LogP contribution >= 0.6 is 0 Å². The standard InChI is InChI=1S/C12H23NO/c1-10-3-5-11(6-4-10)13-9-12(14)7-2-8-12/h10-11,13-14H,2-9H2,1H3. The van der Waals surface area contributed by atoms with Crippen LogP contribution in [0.5, 0.6) is 0 Å². The fraction of sp³-hybridized carbons (Fsp3) is 1.00. The zero-order valence-electron chi connectivity index (χ0n) is 9.26. The van der Waals surface area contributed by atoms with E-state index in [-0.39, 0.29) is 5.60 Å². The summed E-state index contributed by atoms with van der Waals surface area (Å²) in [6.07, 6.45) is 8.53. The van der Waals surface area contributed by atoms with Gasteiger partial charge in [0, 0.05) is 12.6 Å². The van der Waals surface area contributed by atoms with Crippen LogP contribution < -0.4 is 5.32 Å². The van der Waals surface area contributed by atoms with Gasteiger partial charge >= 0.3 is 0 Å². The molecule has 2 aliphatic carbocycles. The number of nitrogens with one attached hydrogen (secondary N) is 1. The second-order valence-electron chi connectivity index (χ2n) is 5.42. The average molecular weight is 197 g/mol. The first kappa shape index (κ1) is 10.4. The van der Waals surface area contributed by atoms with E-state index < -0.39 is 0 Å². The van der Waals surface area contributed by atoms with Crippen molar-refractivity contribution in [2.24, 2.45) is 5.92 Å². The predicted molar refractivity (Wildman–Crippen MR) is 58.2 cm³/mol. The molecule has 0 bridgehead atoms. The molecule has 0 aliphatic heterocycles. The maximum absolute atomic E-state index is 9.93. The van der Waals surface area contributed by atoms with Crippen molar-refractivity contribution in [3.8, 4) is 0 Å². The molecule has 0 radical (unpaired) electrons. The van der Waals surface area contributed by atoms with Gasteiger partial charge in [0.25, 0.3) is 0 Å². The fourth-order valence-corrected chi connectivity index (χ4v) is 2.56. The molecule has 2 heteroatoms. The van der Waals surface area contributed by atoms with Gasteiger partial charge in [-0.1, -0.05) is 6.92 Å². The molecule has 2 rings (SSSR count). The largest absolute Gasteiger partial charge is 0.389 e. The van der Waals surface area contributed by atoms with E-state index in [9.17, 15) is 5.11 Å². The van der Waals surface area contributed by atoms with Crippen molar-refractivity contribution in [3.05, 3.63) is 0 Å². The Balaban J connectivity index is 1.65. The highest BCUT2D eigenvalue weighted by Crippen LogP contribution is 2.31. The third-order valence-electron chi connectivity index (χ3n) is 4.02. The molecule has 0 amide bonds. The van der Waals surface area contributed by atoms with Gasteiger partial charge in [0.2, 0.25) is 0 Å². The van der Waals surface area contributed by atoms with Crippen molar-refractivity contribution in [2.45, 2.75) is 63.5 Å². The Kier molecular flexibility index (Phi) is 3.13. The van der Waals surface area contributed by atoms with E-state index in [2.05, 4.69) is 12.2 Å². The molecule has 0 heterocycles. The summed E-state index contributed by atoms with van der Waals surface area (Å²) in [7, 11) is 0. The Labute approximate surface area is 87.1 Å². The highest BCUT2D eigenvalue weighted by atomic mass is 16.3. The zero-order chi connectivity index (χ0) is 10.0. The number of rotatable bonds is 3. The molecule has 14 heavy (non-hydrogen) atoms. The van der Waals surface area contributed by atoms with Crippen molar-refractivity contribution in [2.75, 3.05) is 6.54 Å². The molecule has 0 aromatic heterocycles. The van der Waals surface area contributed by atoms with Crippen LogP contribution in [0, 0.1) is 5.92 Å². The second-order valence-corrected chi connectivity index (χ2v) is 5.42. The SMILES string of the molecule is CC1CCC(NCC2(O)CCC2)CC1. The lowest BCUT2D eigenvalue weighted by atomic mass is 9.79. The smallest absolute Gasteiger partial charge is 0.0771 e. The van der Waals surface area contributed by atoms with Crippen molar-refractivity contribution >= 4 is 0 Å². The van der Waals surface area contributed by atoms with Gasteiger partial charge < -0.3 is 10.4 Å². The van der Waals surface area contributed by atoms with E-state index in [0.29, 0.717) is 6.04 Å². The molecule has 2 fully saturated rings. The Morgan fingerprint density at radius 3 is 2.36 bits per heavy atom. The number of hydrogen-bond acceptors (Lipinski definition) is 2. The lowest BCUT2D eigenvalue weighted by molar-refractivity contribution is -0.0341. The molecule has 0 aromatic rings. The van der Waals surface area contributed by atoms with Crippen molar-refractivity contribution < 1.29 is 5.11 Å². The summed E-state index contributed by atoms with van der Waals surface area (Å²) in [5.74, 6) is 0.917. The quantitative estimate of drug-likeness (QED) is 0.726. The molecule has 0 spiro atoms. The monoisotopic (exact) mass is 197 g/mol. The van der Waals surface area contributed by atoms with Crippen molar-refractivity contribution in [3.63, 3.8) is 0 Å². The van der Waals surface area contributed by atoms with E-state index in [4.69, 9.17) is 0 Å². The molecule has 0 atom stereocenters. The molecule has 0 unspecified atom stereocenters. The van der Waals surface area contributed by atoms with E-state index in [1.807, 2.05) is 0 Å². The van der Waals surface area contributed by atoms with Gasteiger partial charge in [0.1, 0.15) is 0 Å². The summed E-state index contributed by atoms with van der Waals surface area (Å²) in [6, 6.07) is 0.677. The maximum atomic E-state index is 9.93. The number of hydrogen-bond donors (Lipinski definition) is 2. The summed E-state index contributed by atoms with van der Waals surface area (Å²) in [5, 5.41) is 13.5. The van der Waals surface area contributed by atoms with Crippen LogP contribution in [-0.4, -0.2) is 23.3 Å². The molecule has 82 valence electrons. The highest BCUT2D eigenvalue weighted by molar-refractivity contribution is 4.91. The average Bonchev–Trinajstić information content (AvgIpc) is 2.14. The number of aliphatic hydroxyl groups is 1. The normalized spacial score (nSPS) is 36.4. The molecule has 0 aromatic carbocycles. The molecule has 0 saturated heterocycles. The van der Waals surface area contributed by atoms with Gasteiger partial charge in [0.15, 0.2) is 0 Å². The maximum Gasteiger partial charge on any atom is 0.0771 e. The fourth-order valence-electron chi connectivity index (χ4n) is 2.56. The Bertz CT molecular complexity index is 181. The van der Waals surface area contributed by atoms with Gasteiger partial charge in [-0.25, -0.2) is 0 Å². The molecule has 2 aliphatic rings. The molecular formula is C12H23NO. The summed E-state index contributed by atoms with van der Waals surface area (Å²) in [5.41, 5.74) is -0.344. The predicted octanol–water partition coefficient (Wildman–Crippen LogP) is 2.07. The third kappa shape index (κ3) is 2.48. The van der Waals surface area contributed by atoms with Gasteiger partial charge in [-0.15, -0.1) is 0 Å². The van der Waals surface area contributed by atoms with Crippen LogP contribution in [0.2, 0.25) is 0 Å². The van der Waals surface area contributed by atoms with E-state index in [0.717, 1.165) is 25.3 Å². The minimum absolute atomic E-state index is 0.344. The topological polar surface area (TPSA) is 32.3 Å². The van der Waals surface area contributed by atoms with Gasteiger partial charge in [-0.05, 0) is 50.9 Å². The van der Waals surface area contributed by atoms with Crippen LogP contribution in [0.4, 0.5) is 0 Å². The highest BCUT2D eigenvalue weighted by Gasteiger charge is 2.34. The summed E-state index contributed by atoms with van der Waals surface area (Å²) < 4.78 is 0. The van der Waals surface area contributed by atoms with Crippen LogP contribution in [0.15, 0.2) is 0 Å². The summed E-state index contributed by atoms with van der Waals surface area (Å²) in [6.45, 7) is 3.17. The second kappa shape index (κ2) is 4.19.